The maximum absolute atomic E-state index is 13.1. The largest absolute Gasteiger partial charge is 0.489 e. The Balaban J connectivity index is 1.53. The van der Waals surface area contributed by atoms with E-state index >= 15 is 0 Å². The van der Waals surface area contributed by atoms with Crippen molar-refractivity contribution < 1.29 is 19.2 Å². The van der Waals surface area contributed by atoms with Gasteiger partial charge in [-0.15, -0.1) is 0 Å². The summed E-state index contributed by atoms with van der Waals surface area (Å²) >= 11 is 5.19. The van der Waals surface area contributed by atoms with Crippen molar-refractivity contribution in [3.05, 3.63) is 106 Å². The molecule has 0 saturated carbocycles. The van der Waals surface area contributed by atoms with Gasteiger partial charge in [0.1, 0.15) is 17.9 Å². The second-order valence-corrected chi connectivity index (χ2v) is 7.46. The minimum absolute atomic E-state index is 0.00632. The minimum atomic E-state index is -0.575. The maximum atomic E-state index is 13.1. The summed E-state index contributed by atoms with van der Waals surface area (Å²) in [6, 6.07) is 21.8. The van der Waals surface area contributed by atoms with E-state index in [1.165, 1.54) is 23.1 Å². The molecule has 0 aliphatic carbocycles. The average molecular weight is 459 g/mol. The first-order chi connectivity index (χ1) is 15.9. The molecule has 8 nitrogen and oxygen atoms in total. The highest BCUT2D eigenvalue weighted by Gasteiger charge is 2.34. The molecule has 164 valence electrons. The summed E-state index contributed by atoms with van der Waals surface area (Å²) in [5, 5.41) is 13.3. The van der Waals surface area contributed by atoms with Crippen molar-refractivity contribution in [2.45, 2.75) is 6.61 Å². The van der Waals surface area contributed by atoms with Gasteiger partial charge < -0.3 is 4.74 Å². The van der Waals surface area contributed by atoms with E-state index in [9.17, 15) is 19.7 Å². The molecule has 1 aliphatic rings. The van der Waals surface area contributed by atoms with E-state index in [0.717, 1.165) is 5.56 Å². The summed E-state index contributed by atoms with van der Waals surface area (Å²) in [7, 11) is 0. The Morgan fingerprint density at radius 1 is 1.00 bits per heavy atom. The van der Waals surface area contributed by atoms with Crippen LogP contribution in [0.25, 0.3) is 6.08 Å². The molecular weight excluding hydrogens is 442 g/mol. The minimum Gasteiger partial charge on any atom is -0.489 e. The number of benzene rings is 3. The first-order valence-electron chi connectivity index (χ1n) is 9.85. The van der Waals surface area contributed by atoms with Crippen LogP contribution >= 0.6 is 12.2 Å². The number of carbonyl (C=O) groups is 2. The van der Waals surface area contributed by atoms with Crippen LogP contribution in [0, 0.1) is 10.1 Å². The van der Waals surface area contributed by atoms with Crippen LogP contribution < -0.4 is 15.0 Å². The van der Waals surface area contributed by atoms with Gasteiger partial charge in [-0.25, -0.2) is 0 Å². The van der Waals surface area contributed by atoms with E-state index in [1.807, 2.05) is 6.07 Å². The SMILES string of the molecule is O=C1NC(=S)N(c2ccccc2)C(=O)/C1=C/c1cccc(OCc2ccc([N+](=O)[O-])cc2)c1. The monoisotopic (exact) mass is 459 g/mol. The predicted octanol–water partition coefficient (Wildman–Crippen LogP) is 4.01. The number of amides is 2. The molecule has 0 unspecified atom stereocenters. The molecule has 0 spiro atoms. The zero-order valence-electron chi connectivity index (χ0n) is 17.1. The summed E-state index contributed by atoms with van der Waals surface area (Å²) < 4.78 is 5.77. The molecular formula is C24H17N3O5S. The van der Waals surface area contributed by atoms with Gasteiger partial charge in [0.25, 0.3) is 17.5 Å². The smallest absolute Gasteiger partial charge is 0.270 e. The fraction of sp³-hybridized carbons (Fsp3) is 0.0417. The zero-order chi connectivity index (χ0) is 23.4. The van der Waals surface area contributed by atoms with E-state index < -0.39 is 16.7 Å². The molecule has 0 bridgehead atoms. The van der Waals surface area contributed by atoms with E-state index in [-0.39, 0.29) is 23.0 Å². The number of nitrogens with zero attached hydrogens (tertiary/aromatic N) is 2. The maximum Gasteiger partial charge on any atom is 0.270 e. The molecule has 9 heteroatoms. The number of non-ortho nitro benzene ring substituents is 1. The Kier molecular flexibility index (Phi) is 6.23. The lowest BCUT2D eigenvalue weighted by Gasteiger charge is -2.28. The van der Waals surface area contributed by atoms with E-state index in [4.69, 9.17) is 17.0 Å². The number of nitro benzene ring substituents is 1. The van der Waals surface area contributed by atoms with Gasteiger partial charge in [-0.2, -0.15) is 0 Å². The van der Waals surface area contributed by atoms with Crippen LogP contribution in [0.3, 0.4) is 0 Å². The molecule has 2 amide bonds. The molecule has 0 atom stereocenters. The zero-order valence-corrected chi connectivity index (χ0v) is 18.0. The predicted molar refractivity (Wildman–Crippen MR) is 127 cm³/mol. The first kappa shape index (κ1) is 21.8. The van der Waals surface area contributed by atoms with Crippen LogP contribution in [-0.2, 0) is 16.2 Å². The number of carbonyl (C=O) groups excluding carboxylic acids is 2. The van der Waals surface area contributed by atoms with Gasteiger partial charge in [-0.3, -0.25) is 29.9 Å². The van der Waals surface area contributed by atoms with Crippen molar-refractivity contribution in [2.24, 2.45) is 0 Å². The van der Waals surface area contributed by atoms with Crippen molar-refractivity contribution in [3.8, 4) is 5.75 Å². The van der Waals surface area contributed by atoms with Crippen LogP contribution in [0.1, 0.15) is 11.1 Å². The molecule has 3 aromatic rings. The number of nitrogens with one attached hydrogen (secondary N) is 1. The lowest BCUT2D eigenvalue weighted by molar-refractivity contribution is -0.384. The van der Waals surface area contributed by atoms with Crippen molar-refractivity contribution in [3.63, 3.8) is 0 Å². The molecule has 0 radical (unpaired) electrons. The van der Waals surface area contributed by atoms with Gasteiger partial charge in [-0.1, -0.05) is 30.3 Å². The molecule has 1 fully saturated rings. The highest BCUT2D eigenvalue weighted by Crippen LogP contribution is 2.23. The molecule has 33 heavy (non-hydrogen) atoms. The van der Waals surface area contributed by atoms with Gasteiger partial charge in [0.15, 0.2) is 5.11 Å². The molecule has 4 rings (SSSR count). The highest BCUT2D eigenvalue weighted by molar-refractivity contribution is 7.80. The Hall–Kier alpha value is -4.37. The molecule has 1 heterocycles. The van der Waals surface area contributed by atoms with Gasteiger partial charge >= 0.3 is 0 Å². The normalized spacial score (nSPS) is 14.8. The van der Waals surface area contributed by atoms with Crippen molar-refractivity contribution in [1.29, 1.82) is 0 Å². The summed E-state index contributed by atoms with van der Waals surface area (Å²) in [6.07, 6.45) is 1.48. The second kappa shape index (κ2) is 9.41. The highest BCUT2D eigenvalue weighted by atomic mass is 32.1. The van der Waals surface area contributed by atoms with Crippen LogP contribution in [-0.4, -0.2) is 21.9 Å². The first-order valence-corrected chi connectivity index (χ1v) is 10.3. The third-order valence-corrected chi connectivity index (χ3v) is 5.12. The van der Waals surface area contributed by atoms with Crippen LogP contribution in [0.4, 0.5) is 11.4 Å². The second-order valence-electron chi connectivity index (χ2n) is 7.08. The number of hydrogen-bond acceptors (Lipinski definition) is 6. The Morgan fingerprint density at radius 3 is 2.42 bits per heavy atom. The van der Waals surface area contributed by atoms with Crippen molar-refractivity contribution in [1.82, 2.24) is 5.32 Å². The summed E-state index contributed by atoms with van der Waals surface area (Å²) in [4.78, 5) is 37.1. The molecule has 0 aromatic heterocycles. The Morgan fingerprint density at radius 2 is 1.73 bits per heavy atom. The number of hydrogen-bond donors (Lipinski definition) is 1. The lowest BCUT2D eigenvalue weighted by Crippen LogP contribution is -2.54. The van der Waals surface area contributed by atoms with Gasteiger partial charge in [0.2, 0.25) is 0 Å². The van der Waals surface area contributed by atoms with E-state index in [0.29, 0.717) is 17.0 Å². The van der Waals surface area contributed by atoms with Gasteiger partial charge in [0, 0.05) is 12.1 Å². The fourth-order valence-electron chi connectivity index (χ4n) is 3.21. The van der Waals surface area contributed by atoms with Crippen LogP contribution in [0.5, 0.6) is 5.75 Å². The summed E-state index contributed by atoms with van der Waals surface area (Å²) in [5.74, 6) is -0.580. The van der Waals surface area contributed by atoms with E-state index in [2.05, 4.69) is 5.32 Å². The number of ether oxygens (including phenoxy) is 1. The standard InChI is InChI=1S/C24H17N3O5S/c28-22-21(23(29)26(24(33)25-22)18-6-2-1-3-7-18)14-17-5-4-8-20(13-17)32-15-16-9-11-19(12-10-16)27(30)31/h1-14H,15H2,(H,25,28,33)/b21-14+. The van der Waals surface area contributed by atoms with Crippen molar-refractivity contribution >= 4 is 46.6 Å². The van der Waals surface area contributed by atoms with Crippen molar-refractivity contribution in [2.75, 3.05) is 4.90 Å². The topological polar surface area (TPSA) is 102 Å². The number of nitro groups is 1. The Labute approximate surface area is 194 Å². The molecule has 1 saturated heterocycles. The number of para-hydroxylation sites is 1. The van der Waals surface area contributed by atoms with E-state index in [1.54, 1.807) is 60.7 Å². The number of thiocarbonyl (C=S) groups is 1. The molecule has 1 N–H and O–H groups in total. The number of rotatable bonds is 6. The lowest BCUT2D eigenvalue weighted by atomic mass is 10.1. The quantitative estimate of drug-likeness (QED) is 0.197. The fourth-order valence-corrected chi connectivity index (χ4v) is 3.49. The van der Waals surface area contributed by atoms with Crippen LogP contribution in [0.2, 0.25) is 0 Å². The molecule has 3 aromatic carbocycles. The average Bonchev–Trinajstić information content (AvgIpc) is 2.81. The van der Waals surface area contributed by atoms with Gasteiger partial charge in [0.05, 0.1) is 10.6 Å². The Bertz CT molecular complexity index is 1270. The summed E-state index contributed by atoms with van der Waals surface area (Å²) in [6.45, 7) is 0.202. The summed E-state index contributed by atoms with van der Waals surface area (Å²) in [5.41, 5.74) is 1.86. The third-order valence-electron chi connectivity index (χ3n) is 4.84. The van der Waals surface area contributed by atoms with Crippen LogP contribution in [0.15, 0.2) is 84.4 Å². The third kappa shape index (κ3) is 4.94. The number of anilines is 1. The molecule has 1 aliphatic heterocycles. The van der Waals surface area contributed by atoms with Gasteiger partial charge in [-0.05, 0) is 65.8 Å².